The van der Waals surface area contributed by atoms with Gasteiger partial charge in [0, 0.05) is 40.7 Å². The van der Waals surface area contributed by atoms with Crippen LogP contribution in [-0.2, 0) is 42.9 Å². The number of hydrogen-bond donors (Lipinski definition) is 1. The summed E-state index contributed by atoms with van der Waals surface area (Å²) in [7, 11) is 0. The maximum atomic E-state index is 11.8. The first-order chi connectivity index (χ1) is 12.6. The largest absolute Gasteiger partial charge is 0.463 e. The molecule has 1 aliphatic rings. The molecule has 10 heteroatoms. The molecule has 1 aliphatic heterocycles. The molecule has 1 heterocycles. The van der Waals surface area contributed by atoms with E-state index in [9.17, 15) is 19.2 Å². The summed E-state index contributed by atoms with van der Waals surface area (Å²) < 4.78 is 27.0. The molecule has 0 spiro atoms. The Bertz CT molecular complexity index is 565. The summed E-state index contributed by atoms with van der Waals surface area (Å²) in [5.41, 5.74) is -1.45. The van der Waals surface area contributed by atoms with Gasteiger partial charge in [-0.05, 0) is 6.92 Å². The van der Waals surface area contributed by atoms with E-state index in [1.165, 1.54) is 27.7 Å². The van der Waals surface area contributed by atoms with E-state index in [2.05, 4.69) is 5.32 Å². The lowest BCUT2D eigenvalue weighted by molar-refractivity contribution is -0.272. The van der Waals surface area contributed by atoms with E-state index in [4.69, 9.17) is 23.7 Å². The maximum Gasteiger partial charge on any atom is 0.303 e. The lowest BCUT2D eigenvalue weighted by Gasteiger charge is -2.48. The van der Waals surface area contributed by atoms with Crippen molar-refractivity contribution in [1.82, 2.24) is 5.32 Å². The predicted molar refractivity (Wildman–Crippen MR) is 90.3 cm³/mol. The molecule has 0 aromatic carbocycles. The fourth-order valence-corrected chi connectivity index (χ4v) is 2.90. The van der Waals surface area contributed by atoms with Crippen molar-refractivity contribution in [2.45, 2.75) is 65.1 Å². The monoisotopic (exact) mass is 389 g/mol. The average Bonchev–Trinajstić information content (AvgIpc) is 2.53. The zero-order valence-corrected chi connectivity index (χ0v) is 16.2. The van der Waals surface area contributed by atoms with Gasteiger partial charge in [-0.15, -0.1) is 0 Å². The average molecular weight is 389 g/mol. The first-order valence-electron chi connectivity index (χ1n) is 8.60. The first kappa shape index (κ1) is 22.8. The lowest BCUT2D eigenvalue weighted by atomic mass is 9.85. The van der Waals surface area contributed by atoms with Gasteiger partial charge in [0.1, 0.15) is 19.3 Å². The van der Waals surface area contributed by atoms with Gasteiger partial charge < -0.3 is 29.0 Å². The third-order valence-corrected chi connectivity index (χ3v) is 3.77. The van der Waals surface area contributed by atoms with Crippen LogP contribution < -0.4 is 5.32 Å². The standard InChI is InChI=1S/C17H27NO9/c1-6-23-16-15(18-10(2)19)17(27-13(5)22,9-25-12(4)21)7-14(26-16)8-24-11(3)20/h14-16H,6-9H2,1-5H3,(H,18,19)/t14?,15?,16-,17?/m1/s1. The van der Waals surface area contributed by atoms with E-state index < -0.39 is 47.9 Å². The van der Waals surface area contributed by atoms with E-state index >= 15 is 0 Å². The zero-order valence-electron chi connectivity index (χ0n) is 16.2. The summed E-state index contributed by atoms with van der Waals surface area (Å²) >= 11 is 0. The zero-order chi connectivity index (χ0) is 20.6. The quantitative estimate of drug-likeness (QED) is 0.453. The maximum absolute atomic E-state index is 11.8. The summed E-state index contributed by atoms with van der Waals surface area (Å²) in [5, 5.41) is 2.66. The molecule has 0 aromatic rings. The van der Waals surface area contributed by atoms with Crippen LogP contribution in [0.4, 0.5) is 0 Å². The second-order valence-electron chi connectivity index (χ2n) is 6.21. The number of carbonyl (C=O) groups excluding carboxylic acids is 4. The van der Waals surface area contributed by atoms with Crippen LogP contribution in [-0.4, -0.2) is 67.7 Å². The fraction of sp³-hybridized carbons (Fsp3) is 0.765. The van der Waals surface area contributed by atoms with E-state index in [1.807, 2.05) is 0 Å². The van der Waals surface area contributed by atoms with Crippen LogP contribution in [0.3, 0.4) is 0 Å². The molecule has 0 aromatic heterocycles. The third kappa shape index (κ3) is 7.14. The molecule has 1 fully saturated rings. The molecular formula is C17H27NO9. The van der Waals surface area contributed by atoms with Crippen molar-refractivity contribution >= 4 is 23.8 Å². The minimum absolute atomic E-state index is 0.0155. The smallest absolute Gasteiger partial charge is 0.303 e. The highest BCUT2D eigenvalue weighted by Crippen LogP contribution is 2.34. The molecule has 1 amide bonds. The molecule has 0 bridgehead atoms. The Morgan fingerprint density at radius 3 is 2.15 bits per heavy atom. The Morgan fingerprint density at radius 2 is 1.67 bits per heavy atom. The Hall–Kier alpha value is -2.20. The molecule has 154 valence electrons. The van der Waals surface area contributed by atoms with Gasteiger partial charge >= 0.3 is 17.9 Å². The van der Waals surface area contributed by atoms with Gasteiger partial charge in [-0.1, -0.05) is 0 Å². The van der Waals surface area contributed by atoms with Crippen molar-refractivity contribution in [2.75, 3.05) is 19.8 Å². The van der Waals surface area contributed by atoms with Gasteiger partial charge in [-0.3, -0.25) is 19.2 Å². The third-order valence-electron chi connectivity index (χ3n) is 3.77. The molecule has 3 unspecified atom stereocenters. The van der Waals surface area contributed by atoms with Crippen molar-refractivity contribution in [1.29, 1.82) is 0 Å². The molecule has 0 aliphatic carbocycles. The topological polar surface area (TPSA) is 126 Å². The number of carbonyl (C=O) groups is 4. The Balaban J connectivity index is 3.27. The number of hydrogen-bond acceptors (Lipinski definition) is 9. The van der Waals surface area contributed by atoms with Crippen molar-refractivity contribution in [3.05, 3.63) is 0 Å². The van der Waals surface area contributed by atoms with Crippen molar-refractivity contribution < 1.29 is 42.9 Å². The molecule has 4 atom stereocenters. The van der Waals surface area contributed by atoms with E-state index in [0.29, 0.717) is 0 Å². The van der Waals surface area contributed by atoms with Gasteiger partial charge in [0.2, 0.25) is 5.91 Å². The van der Waals surface area contributed by atoms with E-state index in [1.54, 1.807) is 6.92 Å². The molecule has 10 nitrogen and oxygen atoms in total. The van der Waals surface area contributed by atoms with Gasteiger partial charge in [0.05, 0.1) is 6.10 Å². The van der Waals surface area contributed by atoms with Gasteiger partial charge in [0.25, 0.3) is 0 Å². The Morgan fingerprint density at radius 1 is 1.04 bits per heavy atom. The Kier molecular flexibility index (Phi) is 8.64. The van der Waals surface area contributed by atoms with Gasteiger partial charge in [-0.2, -0.15) is 0 Å². The second kappa shape index (κ2) is 10.2. The highest BCUT2D eigenvalue weighted by Gasteiger charge is 2.54. The minimum atomic E-state index is -1.45. The van der Waals surface area contributed by atoms with Gasteiger partial charge in [0.15, 0.2) is 11.9 Å². The van der Waals surface area contributed by atoms with Crippen LogP contribution >= 0.6 is 0 Å². The van der Waals surface area contributed by atoms with Crippen LogP contribution in [0.5, 0.6) is 0 Å². The summed E-state index contributed by atoms with van der Waals surface area (Å²) in [6.07, 6.45) is -1.70. The number of esters is 3. The summed E-state index contributed by atoms with van der Waals surface area (Å²) in [4.78, 5) is 46.0. The highest BCUT2D eigenvalue weighted by atomic mass is 16.7. The van der Waals surface area contributed by atoms with Crippen LogP contribution in [0.15, 0.2) is 0 Å². The van der Waals surface area contributed by atoms with Crippen LogP contribution in [0.1, 0.15) is 41.0 Å². The summed E-state index contributed by atoms with van der Waals surface area (Å²) in [6.45, 7) is 6.48. The van der Waals surface area contributed by atoms with Crippen LogP contribution in [0.2, 0.25) is 0 Å². The van der Waals surface area contributed by atoms with Gasteiger partial charge in [-0.25, -0.2) is 0 Å². The van der Waals surface area contributed by atoms with Crippen LogP contribution in [0.25, 0.3) is 0 Å². The number of ether oxygens (including phenoxy) is 5. The fourth-order valence-electron chi connectivity index (χ4n) is 2.90. The molecule has 1 saturated heterocycles. The molecular weight excluding hydrogens is 362 g/mol. The summed E-state index contributed by atoms with van der Waals surface area (Å²) in [5.74, 6) is -2.14. The van der Waals surface area contributed by atoms with Crippen molar-refractivity contribution in [3.8, 4) is 0 Å². The second-order valence-corrected chi connectivity index (χ2v) is 6.21. The summed E-state index contributed by atoms with van der Waals surface area (Å²) in [6, 6.07) is -0.938. The molecule has 1 rings (SSSR count). The minimum Gasteiger partial charge on any atom is -0.463 e. The SMILES string of the molecule is CCO[C@@H]1OC(COC(C)=O)CC(COC(C)=O)(OC(C)=O)C1NC(C)=O. The predicted octanol–water partition coefficient (Wildman–Crippen LogP) is 0.0707. The highest BCUT2D eigenvalue weighted by molar-refractivity contribution is 5.74. The Labute approximate surface area is 157 Å². The van der Waals surface area contributed by atoms with Crippen molar-refractivity contribution in [2.24, 2.45) is 0 Å². The normalized spacial score (nSPS) is 27.4. The van der Waals surface area contributed by atoms with Crippen LogP contribution in [0, 0.1) is 0 Å². The van der Waals surface area contributed by atoms with E-state index in [0.717, 1.165) is 0 Å². The molecule has 27 heavy (non-hydrogen) atoms. The molecule has 1 N–H and O–H groups in total. The molecule has 0 radical (unpaired) electrons. The molecule has 0 saturated carbocycles. The van der Waals surface area contributed by atoms with E-state index in [-0.39, 0.29) is 26.2 Å². The lowest BCUT2D eigenvalue weighted by Crippen LogP contribution is -2.68. The van der Waals surface area contributed by atoms with Crippen molar-refractivity contribution in [3.63, 3.8) is 0 Å². The number of nitrogens with one attached hydrogen (secondary N) is 1. The number of amides is 1. The first-order valence-corrected chi connectivity index (χ1v) is 8.60. The number of rotatable bonds is 8.